The predicted octanol–water partition coefficient (Wildman–Crippen LogP) is 6.75. The predicted molar refractivity (Wildman–Crippen MR) is 100 cm³/mol. The summed E-state index contributed by atoms with van der Waals surface area (Å²) in [5.74, 6) is -21.9. The molecule has 0 aromatic heterocycles. The highest BCUT2D eigenvalue weighted by Gasteiger charge is 2.79. The molecule has 0 saturated carbocycles. The molecule has 0 amide bonds. The standard InChI is InChI=1S/C19H10F9IO2/c20-12-8-6-11(7-9-12)14(15(30)31-13-4-2-1-3-5-13)10-16(21,22)17(23,24)18(25,26)19(27,28)29/h1-10H/b14-10+. The Hall–Kier alpha value is -2.25. The summed E-state index contributed by atoms with van der Waals surface area (Å²) in [6.45, 7) is 0. The summed E-state index contributed by atoms with van der Waals surface area (Å²) in [6.07, 6.45) is -0.901. The van der Waals surface area contributed by atoms with E-state index in [9.17, 15) is 44.3 Å². The Morgan fingerprint density at radius 3 is 1.81 bits per heavy atom. The average Bonchev–Trinajstić information content (AvgIpc) is 2.66. The Morgan fingerprint density at radius 2 is 1.32 bits per heavy atom. The molecule has 0 aliphatic rings. The summed E-state index contributed by atoms with van der Waals surface area (Å²) in [6, 6.07) is 9.39. The molecular weight excluding hydrogens is 558 g/mol. The summed E-state index contributed by atoms with van der Waals surface area (Å²) in [4.78, 5) is 12.3. The van der Waals surface area contributed by atoms with Gasteiger partial charge in [-0.3, -0.25) is 0 Å². The number of para-hydroxylation sites is 1. The van der Waals surface area contributed by atoms with Crippen molar-refractivity contribution in [2.75, 3.05) is 0 Å². The van der Waals surface area contributed by atoms with Crippen LogP contribution in [0.15, 0.2) is 60.7 Å². The number of rotatable bonds is 7. The Balaban J connectivity index is 2.58. The molecule has 0 fully saturated rings. The second kappa shape index (κ2) is 8.71. The van der Waals surface area contributed by atoms with E-state index < -0.39 is 50.7 Å². The van der Waals surface area contributed by atoms with E-state index in [1.807, 2.05) is 0 Å². The van der Waals surface area contributed by atoms with E-state index in [0.717, 1.165) is 0 Å². The van der Waals surface area contributed by atoms with E-state index in [0.29, 0.717) is 24.3 Å². The SMILES string of the molecule is O=C(Oc1ccccc1)/C(=C/C(F)(F)C(F)(F)C(F)(F)C(F)(F)I)c1ccc(F)cc1. The Bertz CT molecular complexity index is 953. The van der Waals surface area contributed by atoms with Gasteiger partial charge in [0.1, 0.15) is 11.6 Å². The van der Waals surface area contributed by atoms with Crippen molar-refractivity contribution >= 4 is 34.1 Å². The molecule has 0 aliphatic heterocycles. The van der Waals surface area contributed by atoms with Crippen LogP contribution in [0.4, 0.5) is 39.5 Å². The van der Waals surface area contributed by atoms with Gasteiger partial charge in [-0.25, -0.2) is 9.18 Å². The van der Waals surface area contributed by atoms with Crippen molar-refractivity contribution in [1.82, 2.24) is 0 Å². The Kier molecular flexibility index (Phi) is 7.03. The highest BCUT2D eigenvalue weighted by Crippen LogP contribution is 2.55. The minimum absolute atomic E-state index is 0.222. The summed E-state index contributed by atoms with van der Waals surface area (Å²) >= 11 is -0.389. The number of hydrogen-bond acceptors (Lipinski definition) is 2. The van der Waals surface area contributed by atoms with Crippen molar-refractivity contribution in [1.29, 1.82) is 0 Å². The molecule has 0 aliphatic carbocycles. The van der Waals surface area contributed by atoms with Gasteiger partial charge in [-0.05, 0) is 29.8 Å². The number of benzene rings is 2. The first-order valence-electron chi connectivity index (χ1n) is 8.06. The zero-order valence-corrected chi connectivity index (χ0v) is 17.0. The van der Waals surface area contributed by atoms with Gasteiger partial charge in [0.2, 0.25) is 0 Å². The summed E-state index contributed by atoms with van der Waals surface area (Å²) in [7, 11) is 0. The van der Waals surface area contributed by atoms with Gasteiger partial charge in [-0.1, -0.05) is 30.3 Å². The van der Waals surface area contributed by atoms with Crippen LogP contribution in [0.2, 0.25) is 0 Å². The molecule has 0 radical (unpaired) electrons. The average molecular weight is 568 g/mol. The zero-order valence-electron chi connectivity index (χ0n) is 14.9. The maximum Gasteiger partial charge on any atom is 0.387 e. The minimum atomic E-state index is -6.61. The molecule has 2 aromatic carbocycles. The first kappa shape index (κ1) is 25.0. The second-order valence-electron chi connectivity index (χ2n) is 6.04. The summed E-state index contributed by atoms with van der Waals surface area (Å²) in [5.41, 5.74) is -1.98. The van der Waals surface area contributed by atoms with Crippen molar-refractivity contribution < 1.29 is 49.0 Å². The number of halogens is 10. The van der Waals surface area contributed by atoms with E-state index in [-0.39, 0.29) is 28.3 Å². The highest BCUT2D eigenvalue weighted by atomic mass is 127. The lowest BCUT2D eigenvalue weighted by Crippen LogP contribution is -2.59. The van der Waals surface area contributed by atoms with Crippen LogP contribution in [-0.4, -0.2) is 27.7 Å². The largest absolute Gasteiger partial charge is 0.423 e. The third-order valence-corrected chi connectivity index (χ3v) is 4.50. The van der Waals surface area contributed by atoms with Gasteiger partial charge in [-0.2, -0.15) is 35.1 Å². The highest BCUT2D eigenvalue weighted by molar-refractivity contribution is 14.1. The van der Waals surface area contributed by atoms with Gasteiger partial charge in [0.25, 0.3) is 0 Å². The first-order chi connectivity index (χ1) is 14.1. The molecular formula is C19H10F9IO2. The molecule has 0 saturated heterocycles. The second-order valence-corrected chi connectivity index (χ2v) is 7.39. The number of ether oxygens (including phenoxy) is 1. The molecule has 0 N–H and O–H groups in total. The monoisotopic (exact) mass is 568 g/mol. The maximum absolute atomic E-state index is 14.2. The third kappa shape index (κ3) is 5.15. The molecule has 0 bridgehead atoms. The Labute approximate surface area is 182 Å². The summed E-state index contributed by atoms with van der Waals surface area (Å²) in [5, 5.41) is 0. The molecule has 0 spiro atoms. The fourth-order valence-electron chi connectivity index (χ4n) is 2.20. The van der Waals surface area contributed by atoms with Crippen molar-refractivity contribution in [3.63, 3.8) is 0 Å². The lowest BCUT2D eigenvalue weighted by molar-refractivity contribution is -0.329. The van der Waals surface area contributed by atoms with Gasteiger partial charge in [0.05, 0.1) is 5.57 Å². The number of esters is 1. The van der Waals surface area contributed by atoms with E-state index in [1.54, 1.807) is 0 Å². The zero-order chi connectivity index (χ0) is 23.7. The molecule has 0 atom stereocenters. The molecule has 2 rings (SSSR count). The van der Waals surface area contributed by atoms with Gasteiger partial charge in [-0.15, -0.1) is 0 Å². The van der Waals surface area contributed by atoms with Gasteiger partial charge < -0.3 is 4.74 Å². The molecule has 31 heavy (non-hydrogen) atoms. The molecule has 0 heterocycles. The number of carbonyl (C=O) groups is 1. The fraction of sp³-hybridized carbons (Fsp3) is 0.211. The molecule has 168 valence electrons. The van der Waals surface area contributed by atoms with Crippen LogP contribution in [0.25, 0.3) is 5.57 Å². The smallest absolute Gasteiger partial charge is 0.387 e. The van der Waals surface area contributed by atoms with Crippen LogP contribution in [0, 0.1) is 5.82 Å². The number of hydrogen-bond donors (Lipinski definition) is 0. The van der Waals surface area contributed by atoms with Crippen molar-refractivity contribution in [3.8, 4) is 5.75 Å². The quantitative estimate of drug-likeness (QED) is 0.0924. The van der Waals surface area contributed by atoms with E-state index in [2.05, 4.69) is 0 Å². The molecule has 12 heteroatoms. The first-order valence-corrected chi connectivity index (χ1v) is 9.14. The van der Waals surface area contributed by atoms with Crippen LogP contribution >= 0.6 is 22.6 Å². The molecule has 2 aromatic rings. The van der Waals surface area contributed by atoms with Crippen LogP contribution in [0.1, 0.15) is 5.56 Å². The van der Waals surface area contributed by atoms with Crippen molar-refractivity contribution in [2.24, 2.45) is 0 Å². The number of carbonyl (C=O) groups excluding carboxylic acids is 1. The lowest BCUT2D eigenvalue weighted by Gasteiger charge is -2.33. The van der Waals surface area contributed by atoms with E-state index >= 15 is 0 Å². The van der Waals surface area contributed by atoms with Gasteiger partial charge in [0, 0.05) is 28.7 Å². The van der Waals surface area contributed by atoms with Crippen LogP contribution in [0.5, 0.6) is 5.75 Å². The van der Waals surface area contributed by atoms with Crippen molar-refractivity contribution in [3.05, 3.63) is 72.1 Å². The third-order valence-electron chi connectivity index (χ3n) is 3.82. The number of alkyl halides is 9. The summed E-state index contributed by atoms with van der Waals surface area (Å²) < 4.78 is 121. The molecule has 2 nitrogen and oxygen atoms in total. The molecule has 0 unspecified atom stereocenters. The Morgan fingerprint density at radius 1 is 0.806 bits per heavy atom. The van der Waals surface area contributed by atoms with E-state index in [4.69, 9.17) is 4.74 Å². The minimum Gasteiger partial charge on any atom is -0.423 e. The number of allylic oxidation sites excluding steroid dienone is 1. The van der Waals surface area contributed by atoms with Gasteiger partial charge in [0.15, 0.2) is 0 Å². The van der Waals surface area contributed by atoms with E-state index in [1.165, 1.54) is 30.3 Å². The van der Waals surface area contributed by atoms with Crippen LogP contribution < -0.4 is 4.74 Å². The van der Waals surface area contributed by atoms with Crippen LogP contribution in [-0.2, 0) is 4.79 Å². The maximum atomic E-state index is 14.2. The van der Waals surface area contributed by atoms with Crippen molar-refractivity contribution in [2.45, 2.75) is 21.7 Å². The topological polar surface area (TPSA) is 26.3 Å². The lowest BCUT2D eigenvalue weighted by atomic mass is 9.98. The normalized spacial score (nSPS) is 13.8. The van der Waals surface area contributed by atoms with Crippen LogP contribution in [0.3, 0.4) is 0 Å². The van der Waals surface area contributed by atoms with Gasteiger partial charge >= 0.3 is 27.7 Å². The fourth-order valence-corrected chi connectivity index (χ4v) is 2.54.